The molecule has 5 heteroatoms. The van der Waals surface area contributed by atoms with Crippen molar-refractivity contribution in [3.05, 3.63) is 83.9 Å². The average Bonchev–Trinajstić information content (AvgIpc) is 2.66. The standard InChI is InChI=1S/C20H12N2O3/c23-19(17-14-7-3-1-5-12(14)9-10-21-17)16-11-13-6-2-4-8-15(13)18(22-16)20(24)25/h1-11H,(H,24,25). The van der Waals surface area contributed by atoms with Crippen LogP contribution < -0.4 is 0 Å². The summed E-state index contributed by atoms with van der Waals surface area (Å²) in [5, 5.41) is 12.2. The van der Waals surface area contributed by atoms with Gasteiger partial charge in [-0.25, -0.2) is 9.78 Å². The summed E-state index contributed by atoms with van der Waals surface area (Å²) in [7, 11) is 0. The number of aromatic nitrogens is 2. The summed E-state index contributed by atoms with van der Waals surface area (Å²) in [4.78, 5) is 32.8. The highest BCUT2D eigenvalue weighted by atomic mass is 16.4. The molecular formula is C20H12N2O3. The van der Waals surface area contributed by atoms with E-state index in [-0.39, 0.29) is 17.1 Å². The van der Waals surface area contributed by atoms with E-state index in [1.807, 2.05) is 30.3 Å². The first-order valence-corrected chi connectivity index (χ1v) is 7.66. The molecule has 0 aliphatic carbocycles. The van der Waals surface area contributed by atoms with Gasteiger partial charge in [-0.2, -0.15) is 0 Å². The Labute approximate surface area is 142 Å². The highest BCUT2D eigenvalue weighted by Gasteiger charge is 2.19. The van der Waals surface area contributed by atoms with Gasteiger partial charge in [-0.1, -0.05) is 48.5 Å². The predicted octanol–water partition coefficient (Wildman–Crippen LogP) is 3.71. The Balaban J connectivity index is 1.95. The maximum Gasteiger partial charge on any atom is 0.355 e. The van der Waals surface area contributed by atoms with Crippen molar-refractivity contribution in [1.29, 1.82) is 0 Å². The fourth-order valence-corrected chi connectivity index (χ4v) is 2.90. The van der Waals surface area contributed by atoms with Crippen molar-refractivity contribution in [3.8, 4) is 0 Å². The second kappa shape index (κ2) is 5.79. The first kappa shape index (κ1) is 15.0. The van der Waals surface area contributed by atoms with Crippen LogP contribution in [0.4, 0.5) is 0 Å². The third-order valence-electron chi connectivity index (χ3n) is 4.06. The van der Waals surface area contributed by atoms with Crippen molar-refractivity contribution in [2.24, 2.45) is 0 Å². The zero-order valence-electron chi connectivity index (χ0n) is 13.0. The van der Waals surface area contributed by atoms with Gasteiger partial charge in [0, 0.05) is 17.0 Å². The van der Waals surface area contributed by atoms with Gasteiger partial charge in [-0.3, -0.25) is 9.78 Å². The lowest BCUT2D eigenvalue weighted by Crippen LogP contribution is -2.11. The molecule has 4 rings (SSSR count). The van der Waals surface area contributed by atoms with E-state index in [1.54, 1.807) is 36.5 Å². The molecule has 2 heterocycles. The summed E-state index contributed by atoms with van der Waals surface area (Å²) < 4.78 is 0. The molecule has 0 unspecified atom stereocenters. The molecule has 120 valence electrons. The third kappa shape index (κ3) is 2.52. The third-order valence-corrected chi connectivity index (χ3v) is 4.06. The van der Waals surface area contributed by atoms with Crippen LogP contribution in [0.5, 0.6) is 0 Å². The number of carbonyl (C=O) groups is 2. The van der Waals surface area contributed by atoms with E-state index in [0.717, 1.165) is 5.39 Å². The van der Waals surface area contributed by atoms with E-state index >= 15 is 0 Å². The maximum atomic E-state index is 13.0. The lowest BCUT2D eigenvalue weighted by molar-refractivity contribution is 0.0693. The summed E-state index contributed by atoms with van der Waals surface area (Å²) in [5.41, 5.74) is 0.193. The van der Waals surface area contributed by atoms with Crippen LogP contribution in [0.2, 0.25) is 0 Å². The smallest absolute Gasteiger partial charge is 0.355 e. The number of ketones is 1. The number of carbonyl (C=O) groups excluding carboxylic acids is 1. The molecule has 4 aromatic rings. The number of aromatic carboxylic acids is 1. The molecule has 2 aromatic heterocycles. The van der Waals surface area contributed by atoms with Crippen LogP contribution in [0.1, 0.15) is 26.7 Å². The number of benzene rings is 2. The number of fused-ring (bicyclic) bond motifs is 2. The number of carboxylic acids is 1. The van der Waals surface area contributed by atoms with Crippen LogP contribution in [0.25, 0.3) is 21.5 Å². The first-order chi connectivity index (χ1) is 12.1. The molecule has 0 aliphatic heterocycles. The van der Waals surface area contributed by atoms with Crippen molar-refractivity contribution >= 4 is 33.3 Å². The molecule has 5 nitrogen and oxygen atoms in total. The minimum absolute atomic E-state index is 0.0694. The highest BCUT2D eigenvalue weighted by molar-refractivity contribution is 6.16. The fraction of sp³-hybridized carbons (Fsp3) is 0. The Hall–Kier alpha value is -3.60. The zero-order chi connectivity index (χ0) is 17.4. The van der Waals surface area contributed by atoms with Crippen LogP contribution >= 0.6 is 0 Å². The minimum Gasteiger partial charge on any atom is -0.476 e. The summed E-state index contributed by atoms with van der Waals surface area (Å²) in [6, 6.07) is 17.8. The van der Waals surface area contributed by atoms with E-state index in [0.29, 0.717) is 16.2 Å². The van der Waals surface area contributed by atoms with Crippen molar-refractivity contribution < 1.29 is 14.7 Å². The lowest BCUT2D eigenvalue weighted by Gasteiger charge is -2.07. The molecule has 0 fully saturated rings. The number of rotatable bonds is 3. The van der Waals surface area contributed by atoms with Crippen molar-refractivity contribution in [2.75, 3.05) is 0 Å². The Morgan fingerprint density at radius 2 is 1.44 bits per heavy atom. The molecule has 0 saturated carbocycles. The van der Waals surface area contributed by atoms with Gasteiger partial charge in [-0.15, -0.1) is 0 Å². The van der Waals surface area contributed by atoms with Gasteiger partial charge < -0.3 is 5.11 Å². The number of pyridine rings is 2. The Kier molecular flexibility index (Phi) is 3.47. The fourth-order valence-electron chi connectivity index (χ4n) is 2.90. The summed E-state index contributed by atoms with van der Waals surface area (Å²) in [5.74, 6) is -1.57. The topological polar surface area (TPSA) is 80.1 Å². The van der Waals surface area contributed by atoms with Crippen molar-refractivity contribution in [1.82, 2.24) is 9.97 Å². The quantitative estimate of drug-likeness (QED) is 0.580. The molecule has 0 amide bonds. The van der Waals surface area contributed by atoms with Crippen molar-refractivity contribution in [2.45, 2.75) is 0 Å². The number of hydrogen-bond acceptors (Lipinski definition) is 4. The van der Waals surface area contributed by atoms with Crippen LogP contribution in [-0.4, -0.2) is 26.8 Å². The van der Waals surface area contributed by atoms with Gasteiger partial charge in [0.25, 0.3) is 0 Å². The minimum atomic E-state index is -1.17. The molecular weight excluding hydrogens is 316 g/mol. The monoisotopic (exact) mass is 328 g/mol. The van der Waals surface area contributed by atoms with Gasteiger partial charge in [0.2, 0.25) is 5.78 Å². The molecule has 0 bridgehead atoms. The normalized spacial score (nSPS) is 10.9. The summed E-state index contributed by atoms with van der Waals surface area (Å²) >= 11 is 0. The van der Waals surface area contributed by atoms with Gasteiger partial charge in [-0.05, 0) is 22.9 Å². The second-order valence-corrected chi connectivity index (χ2v) is 5.59. The summed E-state index contributed by atoms with van der Waals surface area (Å²) in [6.07, 6.45) is 1.56. The number of nitrogens with zero attached hydrogens (tertiary/aromatic N) is 2. The SMILES string of the molecule is O=C(O)c1nc(C(=O)c2nccc3ccccc23)cc2ccccc12. The van der Waals surface area contributed by atoms with Crippen molar-refractivity contribution in [3.63, 3.8) is 0 Å². The molecule has 0 atom stereocenters. The Morgan fingerprint density at radius 1 is 0.800 bits per heavy atom. The van der Waals surface area contributed by atoms with E-state index < -0.39 is 11.8 Å². The molecule has 2 aromatic carbocycles. The highest BCUT2D eigenvalue weighted by Crippen LogP contribution is 2.23. The average molecular weight is 328 g/mol. The van der Waals surface area contributed by atoms with Crippen LogP contribution in [0.15, 0.2) is 66.9 Å². The Morgan fingerprint density at radius 3 is 2.16 bits per heavy atom. The molecule has 25 heavy (non-hydrogen) atoms. The zero-order valence-corrected chi connectivity index (χ0v) is 13.0. The van der Waals surface area contributed by atoms with E-state index in [1.165, 1.54) is 0 Å². The van der Waals surface area contributed by atoms with Crippen LogP contribution in [0, 0.1) is 0 Å². The lowest BCUT2D eigenvalue weighted by atomic mass is 10.0. The van der Waals surface area contributed by atoms with Gasteiger partial charge in [0.15, 0.2) is 5.69 Å². The Bertz CT molecular complexity index is 1150. The molecule has 0 radical (unpaired) electrons. The van der Waals surface area contributed by atoms with Gasteiger partial charge in [0.1, 0.15) is 11.4 Å². The number of carboxylic acid groups (broad SMARTS) is 1. The van der Waals surface area contributed by atoms with E-state index in [2.05, 4.69) is 9.97 Å². The van der Waals surface area contributed by atoms with Crippen LogP contribution in [-0.2, 0) is 0 Å². The molecule has 0 aliphatic rings. The largest absolute Gasteiger partial charge is 0.476 e. The maximum absolute atomic E-state index is 13.0. The van der Waals surface area contributed by atoms with Gasteiger partial charge in [0.05, 0.1) is 0 Å². The summed E-state index contributed by atoms with van der Waals surface area (Å²) in [6.45, 7) is 0. The molecule has 0 spiro atoms. The first-order valence-electron chi connectivity index (χ1n) is 7.66. The van der Waals surface area contributed by atoms with Crippen LogP contribution in [0.3, 0.4) is 0 Å². The predicted molar refractivity (Wildman–Crippen MR) is 93.9 cm³/mol. The van der Waals surface area contributed by atoms with E-state index in [4.69, 9.17) is 0 Å². The second-order valence-electron chi connectivity index (χ2n) is 5.59. The van der Waals surface area contributed by atoms with Gasteiger partial charge >= 0.3 is 5.97 Å². The molecule has 1 N–H and O–H groups in total. The molecule has 0 saturated heterocycles. The number of hydrogen-bond donors (Lipinski definition) is 1. The van der Waals surface area contributed by atoms with E-state index in [9.17, 15) is 14.7 Å².